The zero-order valence-electron chi connectivity index (χ0n) is 28.0. The first-order valence-corrected chi connectivity index (χ1v) is 17.1. The molecule has 3 aliphatic rings. The van der Waals surface area contributed by atoms with Crippen molar-refractivity contribution in [2.75, 3.05) is 4.90 Å². The van der Waals surface area contributed by atoms with Crippen LogP contribution >= 0.6 is 0 Å². The molecule has 5 aromatic rings. The Morgan fingerprint density at radius 2 is 0.857 bits per heavy atom. The van der Waals surface area contributed by atoms with Gasteiger partial charge in [-0.25, -0.2) is 0 Å². The van der Waals surface area contributed by atoms with Gasteiger partial charge in [0.05, 0.1) is 6.04 Å². The van der Waals surface area contributed by atoms with E-state index in [2.05, 4.69) is 27.7 Å². The maximum atomic E-state index is 15.5. The third-order valence-electron chi connectivity index (χ3n) is 11.1. The van der Waals surface area contributed by atoms with Crippen LogP contribution in [0.2, 0.25) is 0 Å². The van der Waals surface area contributed by atoms with E-state index in [1.54, 1.807) is 48.5 Å². The van der Waals surface area contributed by atoms with E-state index >= 15 is 19.2 Å². The number of Topliss-reactive ketones (excluding diaryl/α,β-unsaturated/α-hetero) is 4. The van der Waals surface area contributed by atoms with Gasteiger partial charge in [-0.3, -0.25) is 19.2 Å². The zero-order valence-corrected chi connectivity index (χ0v) is 28.0. The first kappa shape index (κ1) is 30.9. The van der Waals surface area contributed by atoms with Crippen molar-refractivity contribution in [2.24, 2.45) is 5.41 Å². The normalized spacial score (nSPS) is 20.2. The van der Waals surface area contributed by atoms with E-state index in [1.165, 1.54) is 0 Å². The van der Waals surface area contributed by atoms with Crippen LogP contribution in [0, 0.1) is 5.41 Å². The number of hydrogen-bond acceptors (Lipinski definition) is 5. The van der Waals surface area contributed by atoms with Crippen molar-refractivity contribution in [2.45, 2.75) is 57.0 Å². The second kappa shape index (κ2) is 11.1. The number of carbonyl (C=O) groups is 4. The second-order valence-corrected chi connectivity index (χ2v) is 14.2. The zero-order chi connectivity index (χ0) is 34.2. The molecule has 0 aromatic heterocycles. The van der Waals surface area contributed by atoms with Crippen molar-refractivity contribution in [3.8, 4) is 0 Å². The van der Waals surface area contributed by atoms with Crippen LogP contribution in [0.1, 0.15) is 115 Å². The minimum Gasteiger partial charge on any atom is -0.343 e. The van der Waals surface area contributed by atoms with Gasteiger partial charge >= 0.3 is 0 Å². The Balaban J connectivity index is 1.55. The lowest BCUT2D eigenvalue weighted by atomic mass is 9.59. The summed E-state index contributed by atoms with van der Waals surface area (Å²) in [6, 6.07) is 38.0. The molecule has 5 aromatic carbocycles. The largest absolute Gasteiger partial charge is 0.343 e. The fourth-order valence-corrected chi connectivity index (χ4v) is 8.84. The maximum Gasteiger partial charge on any atom is 0.197 e. The number of para-hydroxylation sites is 1. The number of nitrogens with zero attached hydrogens (tertiary/aromatic N) is 1. The molecule has 2 unspecified atom stereocenters. The summed E-state index contributed by atoms with van der Waals surface area (Å²) in [6.45, 7) is 8.43. The van der Waals surface area contributed by atoms with Gasteiger partial charge in [0.1, 0.15) is 5.41 Å². The number of ketones is 4. The summed E-state index contributed by atoms with van der Waals surface area (Å²) in [7, 11) is 0. The SMILES string of the molecule is CC(C)c1ccc(C2N(c3ccccc3)C3(C(=O)c4ccccc4C3=O)C(c3ccc(C(C)C)cc3)C23C(=O)c2ccccc2C3=O)cc1. The van der Waals surface area contributed by atoms with E-state index in [1.807, 2.05) is 83.8 Å². The third kappa shape index (κ3) is 3.99. The molecule has 2 atom stereocenters. The molecule has 2 aliphatic carbocycles. The van der Waals surface area contributed by atoms with Crippen LogP contribution in [0.25, 0.3) is 0 Å². The summed E-state index contributed by atoms with van der Waals surface area (Å²) in [5.74, 6) is -2.18. The van der Waals surface area contributed by atoms with E-state index in [0.717, 1.165) is 11.1 Å². The van der Waals surface area contributed by atoms with E-state index < -0.39 is 34.5 Å². The summed E-state index contributed by atoms with van der Waals surface area (Å²) in [5.41, 5.74) is 1.54. The predicted octanol–water partition coefficient (Wildman–Crippen LogP) is 9.16. The fraction of sp³-hybridized carbons (Fsp3) is 0.227. The summed E-state index contributed by atoms with van der Waals surface area (Å²) < 4.78 is 0. The molecule has 1 aliphatic heterocycles. The summed E-state index contributed by atoms with van der Waals surface area (Å²) >= 11 is 0. The molecule has 0 saturated carbocycles. The molecule has 1 fully saturated rings. The van der Waals surface area contributed by atoms with Gasteiger partial charge in [0.25, 0.3) is 0 Å². The highest BCUT2D eigenvalue weighted by Crippen LogP contribution is 2.69. The van der Waals surface area contributed by atoms with Crippen molar-refractivity contribution in [3.05, 3.63) is 172 Å². The minimum absolute atomic E-state index is 0.228. The number of rotatable bonds is 5. The number of hydrogen-bond donors (Lipinski definition) is 0. The molecular formula is C44H37NO4. The highest BCUT2D eigenvalue weighted by molar-refractivity contribution is 6.39. The van der Waals surface area contributed by atoms with Gasteiger partial charge < -0.3 is 4.90 Å². The molecule has 2 spiro atoms. The monoisotopic (exact) mass is 643 g/mol. The Hall–Kier alpha value is -5.42. The average molecular weight is 644 g/mol. The quantitative estimate of drug-likeness (QED) is 0.179. The number of fused-ring (bicyclic) bond motifs is 2. The van der Waals surface area contributed by atoms with E-state index in [-0.39, 0.29) is 23.4 Å². The molecule has 0 bridgehead atoms. The van der Waals surface area contributed by atoms with Crippen LogP contribution in [-0.2, 0) is 0 Å². The third-order valence-corrected chi connectivity index (χ3v) is 11.1. The van der Waals surface area contributed by atoms with Crippen LogP contribution in [-0.4, -0.2) is 28.7 Å². The van der Waals surface area contributed by atoms with Crippen LogP contribution < -0.4 is 4.90 Å². The Kier molecular flexibility index (Phi) is 6.97. The minimum atomic E-state index is -1.93. The predicted molar refractivity (Wildman–Crippen MR) is 191 cm³/mol. The van der Waals surface area contributed by atoms with Crippen molar-refractivity contribution >= 4 is 28.8 Å². The number of anilines is 1. The van der Waals surface area contributed by atoms with Gasteiger partial charge in [-0.2, -0.15) is 0 Å². The Morgan fingerprint density at radius 3 is 1.29 bits per heavy atom. The number of benzene rings is 5. The van der Waals surface area contributed by atoms with Crippen molar-refractivity contribution in [1.29, 1.82) is 0 Å². The highest BCUT2D eigenvalue weighted by atomic mass is 16.2. The highest BCUT2D eigenvalue weighted by Gasteiger charge is 2.80. The molecular weight excluding hydrogens is 606 g/mol. The number of carbonyl (C=O) groups excluding carboxylic acids is 4. The first-order valence-electron chi connectivity index (χ1n) is 17.1. The average Bonchev–Trinajstić information content (AvgIpc) is 3.63. The van der Waals surface area contributed by atoms with Gasteiger partial charge in [0.2, 0.25) is 0 Å². The lowest BCUT2D eigenvalue weighted by Gasteiger charge is -2.40. The molecule has 49 heavy (non-hydrogen) atoms. The fourth-order valence-electron chi connectivity index (χ4n) is 8.84. The summed E-state index contributed by atoms with van der Waals surface area (Å²) in [4.78, 5) is 63.7. The van der Waals surface area contributed by atoms with Crippen LogP contribution in [0.3, 0.4) is 0 Å². The Labute approximate surface area is 286 Å². The summed E-state index contributed by atoms with van der Waals surface area (Å²) in [5, 5.41) is 0. The smallest absolute Gasteiger partial charge is 0.197 e. The van der Waals surface area contributed by atoms with E-state index in [9.17, 15) is 0 Å². The molecule has 0 radical (unpaired) electrons. The Morgan fingerprint density at radius 1 is 0.469 bits per heavy atom. The first-order chi connectivity index (χ1) is 23.6. The molecule has 1 saturated heterocycles. The molecule has 5 heteroatoms. The van der Waals surface area contributed by atoms with Gasteiger partial charge in [-0.05, 0) is 46.2 Å². The van der Waals surface area contributed by atoms with E-state index in [4.69, 9.17) is 0 Å². The van der Waals surface area contributed by atoms with Gasteiger partial charge in [0, 0.05) is 33.9 Å². The maximum absolute atomic E-state index is 15.5. The van der Waals surface area contributed by atoms with Crippen LogP contribution in [0.15, 0.2) is 127 Å². The van der Waals surface area contributed by atoms with E-state index in [0.29, 0.717) is 39.1 Å². The molecule has 242 valence electrons. The van der Waals surface area contributed by atoms with Crippen LogP contribution in [0.4, 0.5) is 5.69 Å². The topological polar surface area (TPSA) is 71.5 Å². The standard InChI is InChI=1S/C44H37NO4/c1-26(2)28-18-22-30(23-19-28)37-43(39(46)33-14-8-9-15-34(33)40(43)47)38(31-24-20-29(21-25-31)27(3)4)45(32-12-6-5-7-13-32)44(37)41(48)35-16-10-11-17-36(35)42(44)49/h5-27,37-38H,1-4H3. The molecule has 5 nitrogen and oxygen atoms in total. The van der Waals surface area contributed by atoms with Crippen molar-refractivity contribution in [3.63, 3.8) is 0 Å². The van der Waals surface area contributed by atoms with Crippen molar-refractivity contribution in [1.82, 2.24) is 0 Å². The van der Waals surface area contributed by atoms with Crippen molar-refractivity contribution < 1.29 is 19.2 Å². The lowest BCUT2D eigenvalue weighted by Crippen LogP contribution is -2.57. The lowest BCUT2D eigenvalue weighted by molar-refractivity contribution is 0.0619. The molecule has 1 heterocycles. The van der Waals surface area contributed by atoms with Gasteiger partial charge in [-0.15, -0.1) is 0 Å². The summed E-state index contributed by atoms with van der Waals surface area (Å²) in [6.07, 6.45) is 0. The second-order valence-electron chi connectivity index (χ2n) is 14.2. The van der Waals surface area contributed by atoms with Crippen LogP contribution in [0.5, 0.6) is 0 Å². The molecule has 8 rings (SSSR count). The Bertz CT molecular complexity index is 2090. The van der Waals surface area contributed by atoms with Gasteiger partial charge in [0.15, 0.2) is 28.7 Å². The molecule has 0 N–H and O–H groups in total. The van der Waals surface area contributed by atoms with Gasteiger partial charge in [-0.1, -0.05) is 143 Å². The molecule has 0 amide bonds.